The Morgan fingerprint density at radius 3 is 2.61 bits per heavy atom. The van der Waals surface area contributed by atoms with Crippen molar-refractivity contribution >= 4 is 17.2 Å². The van der Waals surface area contributed by atoms with Crippen molar-refractivity contribution in [3.8, 4) is 11.1 Å². The molecule has 0 atom stereocenters. The van der Waals surface area contributed by atoms with E-state index in [4.69, 9.17) is 5.73 Å². The summed E-state index contributed by atoms with van der Waals surface area (Å²) in [6, 6.07) is 2.62. The molecule has 0 aliphatic heterocycles. The van der Waals surface area contributed by atoms with Crippen LogP contribution >= 0.6 is 11.3 Å². The van der Waals surface area contributed by atoms with E-state index in [0.29, 0.717) is 11.6 Å². The van der Waals surface area contributed by atoms with Gasteiger partial charge in [-0.1, -0.05) is 0 Å². The Morgan fingerprint density at radius 2 is 2.11 bits per heavy atom. The average Bonchev–Trinajstić information content (AvgIpc) is 2.90. The zero-order chi connectivity index (χ0) is 12.9. The summed E-state index contributed by atoms with van der Waals surface area (Å²) in [4.78, 5) is 11.8. The maximum atomic E-state index is 11.8. The van der Waals surface area contributed by atoms with Crippen LogP contribution in [-0.2, 0) is 0 Å². The van der Waals surface area contributed by atoms with Crippen LogP contribution in [0.15, 0.2) is 16.8 Å². The summed E-state index contributed by atoms with van der Waals surface area (Å²) in [5, 5.41) is 4.11. The molecule has 2 heterocycles. The van der Waals surface area contributed by atoms with Gasteiger partial charge in [0, 0.05) is 23.0 Å². The third kappa shape index (κ3) is 1.60. The Hall–Kier alpha value is -1.55. The first-order valence-electron chi connectivity index (χ1n) is 6.15. The van der Waals surface area contributed by atoms with Gasteiger partial charge in [-0.05, 0) is 49.1 Å². The van der Waals surface area contributed by atoms with Crippen molar-refractivity contribution < 1.29 is 4.79 Å². The summed E-state index contributed by atoms with van der Waals surface area (Å²) in [6.45, 7) is 4.09. The molecular weight excluding hydrogens is 244 g/mol. The molecule has 2 aromatic rings. The van der Waals surface area contributed by atoms with Gasteiger partial charge in [0.2, 0.25) is 0 Å². The predicted molar refractivity (Wildman–Crippen MR) is 74.0 cm³/mol. The average molecular weight is 260 g/mol. The van der Waals surface area contributed by atoms with Crippen LogP contribution in [0, 0.1) is 13.8 Å². The highest BCUT2D eigenvalue weighted by atomic mass is 32.1. The number of hydrogen-bond donors (Lipinski definition) is 1. The van der Waals surface area contributed by atoms with Gasteiger partial charge in [0.15, 0.2) is 0 Å². The number of hydrogen-bond acceptors (Lipinski definition) is 2. The second-order valence-electron chi connectivity index (χ2n) is 4.90. The number of amides is 1. The molecule has 2 aromatic heterocycles. The van der Waals surface area contributed by atoms with Crippen LogP contribution in [0.4, 0.5) is 0 Å². The molecule has 0 radical (unpaired) electrons. The van der Waals surface area contributed by atoms with Gasteiger partial charge in [-0.15, -0.1) is 0 Å². The van der Waals surface area contributed by atoms with Crippen LogP contribution in [0.3, 0.4) is 0 Å². The van der Waals surface area contributed by atoms with Crippen molar-refractivity contribution in [1.82, 2.24) is 4.57 Å². The SMILES string of the molecule is Cc1c(C(N)=O)c(-c2ccsc2)c(C)n1C1CC1. The number of nitrogens with zero attached hydrogens (tertiary/aromatic N) is 1. The second-order valence-corrected chi connectivity index (χ2v) is 5.68. The fourth-order valence-corrected chi connectivity index (χ4v) is 3.44. The number of primary amides is 1. The van der Waals surface area contributed by atoms with E-state index in [0.717, 1.165) is 16.8 Å². The van der Waals surface area contributed by atoms with E-state index >= 15 is 0 Å². The van der Waals surface area contributed by atoms with Gasteiger partial charge in [-0.25, -0.2) is 0 Å². The number of nitrogens with two attached hydrogens (primary N) is 1. The van der Waals surface area contributed by atoms with Gasteiger partial charge in [0.1, 0.15) is 0 Å². The summed E-state index contributed by atoms with van der Waals surface area (Å²) in [5.41, 5.74) is 10.6. The topological polar surface area (TPSA) is 48.0 Å². The van der Waals surface area contributed by atoms with E-state index in [1.54, 1.807) is 11.3 Å². The zero-order valence-electron chi connectivity index (χ0n) is 10.6. The van der Waals surface area contributed by atoms with Crippen molar-refractivity contribution in [2.45, 2.75) is 32.7 Å². The Kier molecular flexibility index (Phi) is 2.55. The molecule has 1 saturated carbocycles. The van der Waals surface area contributed by atoms with Crippen LogP contribution in [-0.4, -0.2) is 10.5 Å². The Labute approximate surface area is 110 Å². The minimum absolute atomic E-state index is 0.323. The molecule has 3 rings (SSSR count). The molecule has 94 valence electrons. The van der Waals surface area contributed by atoms with Crippen molar-refractivity contribution in [2.75, 3.05) is 0 Å². The first kappa shape index (κ1) is 11.5. The third-order valence-corrected chi connectivity index (χ3v) is 4.35. The van der Waals surface area contributed by atoms with E-state index in [-0.39, 0.29) is 5.91 Å². The monoisotopic (exact) mass is 260 g/mol. The highest BCUT2D eigenvalue weighted by Crippen LogP contribution is 2.42. The molecule has 18 heavy (non-hydrogen) atoms. The molecule has 0 saturated heterocycles. The van der Waals surface area contributed by atoms with Crippen molar-refractivity contribution in [1.29, 1.82) is 0 Å². The Bertz CT molecular complexity index is 606. The predicted octanol–water partition coefficient (Wildman–Crippen LogP) is 3.27. The Balaban J connectivity index is 2.28. The van der Waals surface area contributed by atoms with Gasteiger partial charge in [0.25, 0.3) is 5.91 Å². The standard InChI is InChI=1S/C14H16N2OS/c1-8-12(10-5-6-18-7-10)13(14(15)17)9(2)16(8)11-3-4-11/h5-7,11H,3-4H2,1-2H3,(H2,15,17). The maximum absolute atomic E-state index is 11.8. The zero-order valence-corrected chi connectivity index (χ0v) is 11.4. The third-order valence-electron chi connectivity index (χ3n) is 3.66. The van der Waals surface area contributed by atoms with Crippen molar-refractivity contribution in [2.24, 2.45) is 5.73 Å². The van der Waals surface area contributed by atoms with Crippen molar-refractivity contribution in [3.05, 3.63) is 33.8 Å². The summed E-state index contributed by atoms with van der Waals surface area (Å²) < 4.78 is 2.28. The van der Waals surface area contributed by atoms with E-state index in [1.807, 2.05) is 12.3 Å². The van der Waals surface area contributed by atoms with E-state index in [1.165, 1.54) is 18.5 Å². The normalized spacial score (nSPS) is 15.0. The molecule has 0 unspecified atom stereocenters. The largest absolute Gasteiger partial charge is 0.366 e. The fourth-order valence-electron chi connectivity index (χ4n) is 2.80. The van der Waals surface area contributed by atoms with Crippen LogP contribution in [0.5, 0.6) is 0 Å². The van der Waals surface area contributed by atoms with Crippen LogP contribution in [0.25, 0.3) is 11.1 Å². The molecule has 1 aliphatic carbocycles. The highest BCUT2D eigenvalue weighted by Gasteiger charge is 2.31. The van der Waals surface area contributed by atoms with E-state index in [2.05, 4.69) is 22.9 Å². The van der Waals surface area contributed by atoms with Crippen LogP contribution in [0.1, 0.15) is 40.6 Å². The first-order chi connectivity index (χ1) is 8.61. The lowest BCUT2D eigenvalue weighted by Crippen LogP contribution is -2.13. The number of aromatic nitrogens is 1. The number of thiophene rings is 1. The summed E-state index contributed by atoms with van der Waals surface area (Å²) >= 11 is 1.64. The Morgan fingerprint density at radius 1 is 1.39 bits per heavy atom. The van der Waals surface area contributed by atoms with Gasteiger partial charge in [-0.3, -0.25) is 4.79 Å². The molecule has 1 amide bonds. The van der Waals surface area contributed by atoms with E-state index < -0.39 is 0 Å². The van der Waals surface area contributed by atoms with Gasteiger partial charge in [-0.2, -0.15) is 11.3 Å². The van der Waals surface area contributed by atoms with Crippen LogP contribution in [0.2, 0.25) is 0 Å². The minimum Gasteiger partial charge on any atom is -0.366 e. The first-order valence-corrected chi connectivity index (χ1v) is 7.09. The fraction of sp³-hybridized carbons (Fsp3) is 0.357. The molecule has 0 aromatic carbocycles. The number of rotatable bonds is 3. The number of carbonyl (C=O) groups is 1. The smallest absolute Gasteiger partial charge is 0.251 e. The molecule has 1 fully saturated rings. The summed E-state index contributed by atoms with van der Waals surface area (Å²) in [6.07, 6.45) is 2.41. The molecule has 1 aliphatic rings. The van der Waals surface area contributed by atoms with Gasteiger partial charge in [0.05, 0.1) is 5.56 Å². The molecule has 4 heteroatoms. The van der Waals surface area contributed by atoms with Crippen molar-refractivity contribution in [3.63, 3.8) is 0 Å². The highest BCUT2D eigenvalue weighted by molar-refractivity contribution is 7.08. The second kappa shape index (κ2) is 3.99. The lowest BCUT2D eigenvalue weighted by molar-refractivity contribution is 0.1000. The molecule has 2 N–H and O–H groups in total. The van der Waals surface area contributed by atoms with Gasteiger partial charge >= 0.3 is 0 Å². The van der Waals surface area contributed by atoms with Gasteiger partial charge < -0.3 is 10.3 Å². The molecule has 3 nitrogen and oxygen atoms in total. The quantitative estimate of drug-likeness (QED) is 0.904. The van der Waals surface area contributed by atoms with Crippen LogP contribution < -0.4 is 5.73 Å². The molecular formula is C14H16N2OS. The number of carbonyl (C=O) groups excluding carboxylic acids is 1. The summed E-state index contributed by atoms with van der Waals surface area (Å²) in [7, 11) is 0. The summed E-state index contributed by atoms with van der Waals surface area (Å²) in [5.74, 6) is -0.323. The van der Waals surface area contributed by atoms with E-state index in [9.17, 15) is 4.79 Å². The minimum atomic E-state index is -0.323. The maximum Gasteiger partial charge on any atom is 0.251 e. The lowest BCUT2D eigenvalue weighted by atomic mass is 10.0. The molecule has 0 bridgehead atoms. The lowest BCUT2D eigenvalue weighted by Gasteiger charge is -2.07. The molecule has 0 spiro atoms.